The predicted molar refractivity (Wildman–Crippen MR) is 54.9 cm³/mol. The molecule has 0 atom stereocenters. The van der Waals surface area contributed by atoms with Crippen molar-refractivity contribution in [1.82, 2.24) is 0 Å². The Hall–Kier alpha value is -0.760. The molecular formula is C8H6BrF3O3S. The van der Waals surface area contributed by atoms with Crippen molar-refractivity contribution in [1.29, 1.82) is 0 Å². The van der Waals surface area contributed by atoms with Gasteiger partial charge in [0.15, 0.2) is 17.2 Å². The highest BCUT2D eigenvalue weighted by Crippen LogP contribution is 2.36. The van der Waals surface area contributed by atoms with Gasteiger partial charge in [-0.05, 0) is 15.9 Å². The summed E-state index contributed by atoms with van der Waals surface area (Å²) < 4.78 is 45.1. The largest absolute Gasteiger partial charge is 0.481 e. The van der Waals surface area contributed by atoms with Crippen LogP contribution in [0.3, 0.4) is 0 Å². The minimum absolute atomic E-state index is 0.00127. The lowest BCUT2D eigenvalue weighted by molar-refractivity contribution is -0.153. The Morgan fingerprint density at radius 3 is 2.69 bits per heavy atom. The van der Waals surface area contributed by atoms with Crippen LogP contribution in [0.15, 0.2) is 9.85 Å². The predicted octanol–water partition coefficient (Wildman–Crippen LogP) is 3.24. The quantitative estimate of drug-likeness (QED) is 0.803. The highest BCUT2D eigenvalue weighted by Gasteiger charge is 2.30. The second kappa shape index (κ2) is 5.05. The number of methoxy groups -OCH3 is 1. The molecule has 0 saturated carbocycles. The standard InChI is InChI=1S/C8H6BrF3O3S/c1-14-7(13)6-5(4(9)2-16-6)15-3-8(10,11)12/h2H,3H2,1H3. The van der Waals surface area contributed by atoms with Gasteiger partial charge in [-0.3, -0.25) is 0 Å². The van der Waals surface area contributed by atoms with Gasteiger partial charge < -0.3 is 9.47 Å². The average Bonchev–Trinajstić information content (AvgIpc) is 2.54. The van der Waals surface area contributed by atoms with E-state index in [1.807, 2.05) is 0 Å². The average molecular weight is 319 g/mol. The number of hydrogen-bond acceptors (Lipinski definition) is 4. The summed E-state index contributed by atoms with van der Waals surface area (Å²) in [5, 5.41) is 1.46. The van der Waals surface area contributed by atoms with Crippen LogP contribution in [0.5, 0.6) is 5.75 Å². The zero-order valence-corrected chi connectivity index (χ0v) is 10.3. The molecule has 0 bridgehead atoms. The van der Waals surface area contributed by atoms with Gasteiger partial charge in [-0.1, -0.05) is 0 Å². The molecule has 1 aromatic rings. The van der Waals surface area contributed by atoms with Gasteiger partial charge >= 0.3 is 12.1 Å². The summed E-state index contributed by atoms with van der Waals surface area (Å²) >= 11 is 3.94. The van der Waals surface area contributed by atoms with Gasteiger partial charge in [-0.25, -0.2) is 4.79 Å². The van der Waals surface area contributed by atoms with E-state index in [9.17, 15) is 18.0 Å². The topological polar surface area (TPSA) is 35.5 Å². The second-order valence-electron chi connectivity index (χ2n) is 2.64. The van der Waals surface area contributed by atoms with Crippen LogP contribution in [0.2, 0.25) is 0 Å². The van der Waals surface area contributed by atoms with Gasteiger partial charge in [-0.2, -0.15) is 13.2 Å². The molecule has 0 aromatic carbocycles. The maximum absolute atomic E-state index is 11.9. The maximum Gasteiger partial charge on any atom is 0.422 e. The Labute approximate surface area is 101 Å². The van der Waals surface area contributed by atoms with Crippen LogP contribution in [0.25, 0.3) is 0 Å². The van der Waals surface area contributed by atoms with Crippen LogP contribution >= 0.6 is 27.3 Å². The van der Waals surface area contributed by atoms with E-state index in [4.69, 9.17) is 0 Å². The number of rotatable bonds is 3. The molecule has 0 spiro atoms. The molecule has 0 radical (unpaired) electrons. The van der Waals surface area contributed by atoms with E-state index >= 15 is 0 Å². The van der Waals surface area contributed by atoms with Gasteiger partial charge in [-0.15, -0.1) is 11.3 Å². The van der Waals surface area contributed by atoms with E-state index in [-0.39, 0.29) is 10.6 Å². The van der Waals surface area contributed by atoms with E-state index in [1.165, 1.54) is 5.38 Å². The first-order chi connectivity index (χ1) is 7.35. The summed E-state index contributed by atoms with van der Waals surface area (Å²) in [6.45, 7) is -1.45. The van der Waals surface area contributed by atoms with Crippen molar-refractivity contribution in [2.24, 2.45) is 0 Å². The fourth-order valence-corrected chi connectivity index (χ4v) is 2.36. The van der Waals surface area contributed by atoms with Gasteiger partial charge in [0.2, 0.25) is 0 Å². The molecule has 0 aliphatic rings. The Morgan fingerprint density at radius 1 is 1.56 bits per heavy atom. The molecule has 16 heavy (non-hydrogen) atoms. The van der Waals surface area contributed by atoms with E-state index < -0.39 is 18.8 Å². The summed E-state index contributed by atoms with van der Waals surface area (Å²) in [4.78, 5) is 11.2. The SMILES string of the molecule is COC(=O)c1scc(Br)c1OCC(F)(F)F. The van der Waals surface area contributed by atoms with Crippen molar-refractivity contribution in [2.75, 3.05) is 13.7 Å². The maximum atomic E-state index is 11.9. The molecule has 0 aliphatic carbocycles. The normalized spacial score (nSPS) is 11.3. The number of carbonyl (C=O) groups is 1. The van der Waals surface area contributed by atoms with Crippen LogP contribution in [-0.2, 0) is 4.74 Å². The molecule has 1 aromatic heterocycles. The molecule has 0 fully saturated rings. The zero-order chi connectivity index (χ0) is 12.3. The summed E-state index contributed by atoms with van der Waals surface area (Å²) in [6.07, 6.45) is -4.45. The monoisotopic (exact) mass is 318 g/mol. The molecule has 1 heterocycles. The fraction of sp³-hybridized carbons (Fsp3) is 0.375. The highest BCUT2D eigenvalue weighted by molar-refractivity contribution is 9.10. The van der Waals surface area contributed by atoms with Crippen LogP contribution in [-0.4, -0.2) is 25.9 Å². The summed E-state index contributed by atoms with van der Waals surface area (Å²) in [6, 6.07) is 0. The second-order valence-corrected chi connectivity index (χ2v) is 4.37. The van der Waals surface area contributed by atoms with Crippen molar-refractivity contribution in [3.8, 4) is 5.75 Å². The van der Waals surface area contributed by atoms with Crippen molar-refractivity contribution in [3.63, 3.8) is 0 Å². The lowest BCUT2D eigenvalue weighted by Gasteiger charge is -2.09. The molecule has 0 aliphatic heterocycles. The lowest BCUT2D eigenvalue weighted by Crippen LogP contribution is -2.20. The molecule has 0 N–H and O–H groups in total. The van der Waals surface area contributed by atoms with Gasteiger partial charge in [0, 0.05) is 5.38 Å². The first-order valence-electron chi connectivity index (χ1n) is 3.90. The van der Waals surface area contributed by atoms with Gasteiger partial charge in [0.05, 0.1) is 11.6 Å². The first-order valence-corrected chi connectivity index (χ1v) is 5.57. The van der Waals surface area contributed by atoms with Crippen LogP contribution in [0.1, 0.15) is 9.67 Å². The smallest absolute Gasteiger partial charge is 0.422 e. The van der Waals surface area contributed by atoms with E-state index in [1.54, 1.807) is 0 Å². The minimum Gasteiger partial charge on any atom is -0.481 e. The number of carbonyl (C=O) groups excluding carboxylic acids is 1. The lowest BCUT2D eigenvalue weighted by atomic mass is 10.4. The number of hydrogen-bond donors (Lipinski definition) is 0. The molecule has 3 nitrogen and oxygen atoms in total. The molecule has 8 heteroatoms. The fourth-order valence-electron chi connectivity index (χ4n) is 0.848. The molecule has 90 valence electrons. The van der Waals surface area contributed by atoms with Crippen LogP contribution < -0.4 is 4.74 Å². The van der Waals surface area contributed by atoms with Gasteiger partial charge in [0.25, 0.3) is 0 Å². The van der Waals surface area contributed by atoms with Crippen LogP contribution in [0, 0.1) is 0 Å². The van der Waals surface area contributed by atoms with Crippen LogP contribution in [0.4, 0.5) is 13.2 Å². The van der Waals surface area contributed by atoms with Crippen molar-refractivity contribution >= 4 is 33.2 Å². The minimum atomic E-state index is -4.45. The summed E-state index contributed by atoms with van der Waals surface area (Å²) in [7, 11) is 1.14. The molecule has 0 amide bonds. The third kappa shape index (κ3) is 3.38. The molecule has 0 unspecified atom stereocenters. The van der Waals surface area contributed by atoms with Crippen molar-refractivity contribution in [3.05, 3.63) is 14.7 Å². The van der Waals surface area contributed by atoms with Gasteiger partial charge in [0.1, 0.15) is 0 Å². The first kappa shape index (κ1) is 13.3. The Kier molecular flexibility index (Phi) is 4.20. The Balaban J connectivity index is 2.86. The zero-order valence-electron chi connectivity index (χ0n) is 7.93. The number of halogens is 4. The number of thiophene rings is 1. The number of ether oxygens (including phenoxy) is 2. The highest BCUT2D eigenvalue weighted by atomic mass is 79.9. The van der Waals surface area contributed by atoms with Crippen molar-refractivity contribution < 1.29 is 27.4 Å². The molecular weight excluding hydrogens is 313 g/mol. The summed E-state index contributed by atoms with van der Waals surface area (Å²) in [5.74, 6) is -0.873. The van der Waals surface area contributed by atoms with E-state index in [0.29, 0.717) is 4.47 Å². The number of alkyl halides is 3. The number of esters is 1. The summed E-state index contributed by atoms with van der Waals surface area (Å²) in [5.41, 5.74) is 0. The van der Waals surface area contributed by atoms with E-state index in [2.05, 4.69) is 25.4 Å². The molecule has 1 rings (SSSR count). The third-order valence-electron chi connectivity index (χ3n) is 1.45. The Bertz CT molecular complexity index is 388. The Morgan fingerprint density at radius 2 is 2.19 bits per heavy atom. The third-order valence-corrected chi connectivity index (χ3v) is 3.29. The van der Waals surface area contributed by atoms with Crippen molar-refractivity contribution in [2.45, 2.75) is 6.18 Å². The molecule has 0 saturated heterocycles. The van der Waals surface area contributed by atoms with E-state index in [0.717, 1.165) is 18.4 Å².